The van der Waals surface area contributed by atoms with E-state index in [1.807, 2.05) is 0 Å². The van der Waals surface area contributed by atoms with Crippen LogP contribution in [0.5, 0.6) is 0 Å². The lowest BCUT2D eigenvalue weighted by Crippen LogP contribution is -2.05. The number of aryl methyl sites for hydroxylation is 1. The number of anilines is 1. The van der Waals surface area contributed by atoms with Gasteiger partial charge in [0, 0.05) is 17.8 Å². The molecule has 0 amide bonds. The van der Waals surface area contributed by atoms with Crippen molar-refractivity contribution in [3.05, 3.63) is 11.3 Å². The Labute approximate surface area is 85.3 Å². The summed E-state index contributed by atoms with van der Waals surface area (Å²) in [5.41, 5.74) is 2.53. The summed E-state index contributed by atoms with van der Waals surface area (Å²) in [6.45, 7) is 7.66. The van der Waals surface area contributed by atoms with Crippen LogP contribution in [0.2, 0.25) is 0 Å². The zero-order valence-corrected chi connectivity index (χ0v) is 9.22. The number of H-pyrrole nitrogens is 1. The average Bonchev–Trinajstić information content (AvgIpc) is 2.75. The van der Waals surface area contributed by atoms with Crippen LogP contribution in [0, 0.1) is 18.8 Å². The van der Waals surface area contributed by atoms with Crippen LogP contribution in [0.25, 0.3) is 0 Å². The van der Waals surface area contributed by atoms with Crippen LogP contribution in [0.15, 0.2) is 0 Å². The molecule has 0 saturated heterocycles. The van der Waals surface area contributed by atoms with E-state index in [2.05, 4.69) is 36.3 Å². The summed E-state index contributed by atoms with van der Waals surface area (Å²) in [7, 11) is 0. The van der Waals surface area contributed by atoms with Crippen LogP contribution in [0.3, 0.4) is 0 Å². The number of hydrogen-bond donors (Lipinski definition) is 2. The van der Waals surface area contributed by atoms with Crippen molar-refractivity contribution in [3.63, 3.8) is 0 Å². The first-order valence-corrected chi connectivity index (χ1v) is 5.50. The third-order valence-electron chi connectivity index (χ3n) is 3.27. The van der Waals surface area contributed by atoms with Crippen molar-refractivity contribution in [1.82, 2.24) is 10.2 Å². The zero-order valence-electron chi connectivity index (χ0n) is 9.22. The van der Waals surface area contributed by atoms with E-state index in [0.717, 1.165) is 30.6 Å². The summed E-state index contributed by atoms with van der Waals surface area (Å²) in [5, 5.41) is 10.8. The van der Waals surface area contributed by atoms with Gasteiger partial charge in [0.05, 0.1) is 0 Å². The maximum atomic E-state index is 4.28. The van der Waals surface area contributed by atoms with Gasteiger partial charge in [0.15, 0.2) is 5.82 Å². The molecule has 1 aromatic heterocycles. The van der Waals surface area contributed by atoms with Crippen molar-refractivity contribution in [1.29, 1.82) is 0 Å². The van der Waals surface area contributed by atoms with E-state index in [4.69, 9.17) is 0 Å². The minimum atomic E-state index is 0.871. The lowest BCUT2D eigenvalue weighted by atomic mass is 10.2. The van der Waals surface area contributed by atoms with Crippen LogP contribution in [0.1, 0.15) is 31.5 Å². The second-order valence-corrected chi connectivity index (χ2v) is 4.38. The van der Waals surface area contributed by atoms with Crippen molar-refractivity contribution < 1.29 is 0 Å². The Morgan fingerprint density at radius 1 is 1.57 bits per heavy atom. The summed E-state index contributed by atoms with van der Waals surface area (Å²) in [6, 6.07) is 0. The number of nitrogens with zero attached hydrogens (tertiary/aromatic N) is 1. The van der Waals surface area contributed by atoms with Crippen molar-refractivity contribution in [2.24, 2.45) is 11.8 Å². The van der Waals surface area contributed by atoms with Crippen LogP contribution < -0.4 is 5.32 Å². The molecule has 1 fully saturated rings. The smallest absolute Gasteiger partial charge is 0.150 e. The highest BCUT2D eigenvalue weighted by Crippen LogP contribution is 2.37. The minimum absolute atomic E-state index is 0.871. The van der Waals surface area contributed by atoms with Crippen LogP contribution in [0.4, 0.5) is 5.82 Å². The first-order valence-electron chi connectivity index (χ1n) is 5.50. The van der Waals surface area contributed by atoms with Gasteiger partial charge in [-0.05, 0) is 31.6 Å². The Bertz CT molecular complexity index is 316. The predicted octanol–water partition coefficient (Wildman–Crippen LogP) is 2.35. The van der Waals surface area contributed by atoms with E-state index in [1.54, 1.807) is 0 Å². The Morgan fingerprint density at radius 3 is 2.79 bits per heavy atom. The molecule has 2 unspecified atom stereocenters. The molecular weight excluding hydrogens is 174 g/mol. The summed E-state index contributed by atoms with van der Waals surface area (Å²) in [6.07, 6.45) is 2.40. The maximum Gasteiger partial charge on any atom is 0.150 e. The van der Waals surface area contributed by atoms with Crippen molar-refractivity contribution in [2.45, 2.75) is 33.6 Å². The number of aromatic nitrogens is 2. The van der Waals surface area contributed by atoms with Gasteiger partial charge >= 0.3 is 0 Å². The number of aromatic amines is 1. The molecule has 1 heterocycles. The number of rotatable bonds is 4. The second kappa shape index (κ2) is 3.64. The van der Waals surface area contributed by atoms with Gasteiger partial charge < -0.3 is 5.32 Å². The van der Waals surface area contributed by atoms with E-state index in [9.17, 15) is 0 Å². The summed E-state index contributed by atoms with van der Waals surface area (Å²) < 4.78 is 0. The Hall–Kier alpha value is -0.990. The quantitative estimate of drug-likeness (QED) is 0.770. The first kappa shape index (κ1) is 9.56. The van der Waals surface area contributed by atoms with E-state index < -0.39 is 0 Å². The van der Waals surface area contributed by atoms with Crippen molar-refractivity contribution >= 4 is 5.82 Å². The largest absolute Gasteiger partial charge is 0.368 e. The van der Waals surface area contributed by atoms with Crippen LogP contribution in [-0.2, 0) is 6.42 Å². The molecule has 0 aliphatic heterocycles. The topological polar surface area (TPSA) is 40.7 Å². The monoisotopic (exact) mass is 193 g/mol. The normalized spacial score (nSPS) is 25.1. The van der Waals surface area contributed by atoms with Crippen LogP contribution >= 0.6 is 0 Å². The van der Waals surface area contributed by atoms with Gasteiger partial charge in [-0.3, -0.25) is 5.10 Å². The van der Waals surface area contributed by atoms with Gasteiger partial charge in [0.2, 0.25) is 0 Å². The molecule has 0 spiro atoms. The molecule has 78 valence electrons. The number of hydrogen-bond acceptors (Lipinski definition) is 2. The molecular formula is C11H19N3. The van der Waals surface area contributed by atoms with Crippen molar-refractivity contribution in [2.75, 3.05) is 11.9 Å². The molecule has 0 aromatic carbocycles. The Morgan fingerprint density at radius 2 is 2.29 bits per heavy atom. The summed E-state index contributed by atoms with van der Waals surface area (Å²) in [5.74, 6) is 2.82. The Kier molecular flexibility index (Phi) is 2.48. The van der Waals surface area contributed by atoms with E-state index in [-0.39, 0.29) is 0 Å². The fourth-order valence-electron chi connectivity index (χ4n) is 1.86. The minimum Gasteiger partial charge on any atom is -0.368 e. The summed E-state index contributed by atoms with van der Waals surface area (Å²) in [4.78, 5) is 0. The van der Waals surface area contributed by atoms with E-state index >= 15 is 0 Å². The standard InChI is InChI=1S/C11H19N3/c1-4-10-8(3)11(14-13-10)12-6-9-5-7(9)2/h7,9H,4-6H2,1-3H3,(H2,12,13,14). The molecule has 14 heavy (non-hydrogen) atoms. The third kappa shape index (κ3) is 1.76. The highest BCUT2D eigenvalue weighted by Gasteiger charge is 2.32. The molecule has 2 N–H and O–H groups in total. The Balaban J connectivity index is 1.92. The predicted molar refractivity (Wildman–Crippen MR) is 58.5 cm³/mol. The molecule has 1 aliphatic rings. The molecule has 3 nitrogen and oxygen atoms in total. The van der Waals surface area contributed by atoms with Gasteiger partial charge in [-0.2, -0.15) is 5.10 Å². The lowest BCUT2D eigenvalue weighted by molar-refractivity contribution is 0.783. The van der Waals surface area contributed by atoms with Crippen molar-refractivity contribution in [3.8, 4) is 0 Å². The van der Waals surface area contributed by atoms with Gasteiger partial charge in [0.1, 0.15) is 0 Å². The highest BCUT2D eigenvalue weighted by molar-refractivity contribution is 5.45. The van der Waals surface area contributed by atoms with Gasteiger partial charge in [-0.15, -0.1) is 0 Å². The van der Waals surface area contributed by atoms with E-state index in [1.165, 1.54) is 17.7 Å². The van der Waals surface area contributed by atoms with Gasteiger partial charge in [-0.1, -0.05) is 13.8 Å². The van der Waals surface area contributed by atoms with Gasteiger partial charge in [0.25, 0.3) is 0 Å². The molecule has 3 heteroatoms. The maximum absolute atomic E-state index is 4.28. The third-order valence-corrected chi connectivity index (χ3v) is 3.27. The van der Waals surface area contributed by atoms with Gasteiger partial charge in [-0.25, -0.2) is 0 Å². The van der Waals surface area contributed by atoms with E-state index in [0.29, 0.717) is 0 Å². The second-order valence-electron chi connectivity index (χ2n) is 4.38. The molecule has 2 rings (SSSR count). The molecule has 1 aromatic rings. The fraction of sp³-hybridized carbons (Fsp3) is 0.727. The molecule has 1 saturated carbocycles. The number of nitrogens with one attached hydrogen (secondary N) is 2. The zero-order chi connectivity index (χ0) is 10.1. The molecule has 2 atom stereocenters. The SMILES string of the molecule is CCc1[nH]nc(NCC2CC2C)c1C. The highest BCUT2D eigenvalue weighted by atomic mass is 15.2. The first-order chi connectivity index (χ1) is 6.72. The average molecular weight is 193 g/mol. The molecule has 0 radical (unpaired) electrons. The summed E-state index contributed by atoms with van der Waals surface area (Å²) >= 11 is 0. The fourth-order valence-corrected chi connectivity index (χ4v) is 1.86. The molecule has 0 bridgehead atoms. The lowest BCUT2D eigenvalue weighted by Gasteiger charge is -2.02. The van der Waals surface area contributed by atoms with Crippen LogP contribution in [-0.4, -0.2) is 16.7 Å². The molecule has 1 aliphatic carbocycles.